The molecule has 2 aliphatic heterocycles. The van der Waals surface area contributed by atoms with Crippen molar-refractivity contribution < 1.29 is 9.18 Å². The van der Waals surface area contributed by atoms with Crippen LogP contribution in [0.3, 0.4) is 0 Å². The molecular weight excluding hydrogens is 429 g/mol. The van der Waals surface area contributed by atoms with Crippen LogP contribution < -0.4 is 9.80 Å². The maximum Gasteiger partial charge on any atom is 0.274 e. The summed E-state index contributed by atoms with van der Waals surface area (Å²) >= 11 is 0. The van der Waals surface area contributed by atoms with Gasteiger partial charge in [0.05, 0.1) is 5.69 Å². The fraction of sp³-hybridized carbons (Fsp3) is 0.370. The van der Waals surface area contributed by atoms with Gasteiger partial charge < -0.3 is 14.7 Å². The van der Waals surface area contributed by atoms with Crippen LogP contribution >= 0.6 is 0 Å². The largest absolute Gasteiger partial charge is 0.366 e. The number of rotatable bonds is 5. The van der Waals surface area contributed by atoms with E-state index in [2.05, 4.69) is 45.4 Å². The van der Waals surface area contributed by atoms with E-state index in [0.29, 0.717) is 43.5 Å². The number of carbonyl (C=O) groups excluding carboxylic acids is 1. The maximum atomic E-state index is 14.1. The summed E-state index contributed by atoms with van der Waals surface area (Å²) in [7, 11) is 0. The van der Waals surface area contributed by atoms with Gasteiger partial charge in [-0.05, 0) is 55.0 Å². The van der Waals surface area contributed by atoms with Crippen molar-refractivity contribution in [3.05, 3.63) is 83.8 Å². The summed E-state index contributed by atoms with van der Waals surface area (Å²) in [5.74, 6) is 1.18. The summed E-state index contributed by atoms with van der Waals surface area (Å²) in [5, 5.41) is 8.62. The van der Waals surface area contributed by atoms with Crippen molar-refractivity contribution in [2.75, 3.05) is 49.1 Å². The quantitative estimate of drug-likeness (QED) is 0.577. The predicted octanol–water partition coefficient (Wildman–Crippen LogP) is 4.04. The predicted molar refractivity (Wildman–Crippen MR) is 132 cm³/mol. The number of piperazine rings is 1. The molecule has 3 aromatic rings. The summed E-state index contributed by atoms with van der Waals surface area (Å²) in [5.41, 5.74) is 2.35. The molecule has 0 N–H and O–H groups in total. The maximum absolute atomic E-state index is 14.1. The molecule has 0 radical (unpaired) electrons. The van der Waals surface area contributed by atoms with Crippen LogP contribution in [0.1, 0.15) is 28.9 Å². The van der Waals surface area contributed by atoms with Crippen LogP contribution in [0, 0.1) is 11.7 Å². The van der Waals surface area contributed by atoms with Crippen molar-refractivity contribution in [3.63, 3.8) is 0 Å². The van der Waals surface area contributed by atoms with Gasteiger partial charge in [0.25, 0.3) is 5.91 Å². The summed E-state index contributed by atoms with van der Waals surface area (Å²) in [6, 6.07) is 21.1. The van der Waals surface area contributed by atoms with Crippen molar-refractivity contribution in [3.8, 4) is 0 Å². The molecule has 3 heterocycles. The van der Waals surface area contributed by atoms with E-state index in [4.69, 9.17) is 0 Å². The monoisotopic (exact) mass is 459 g/mol. The molecular formula is C27H30FN5O. The summed E-state index contributed by atoms with van der Waals surface area (Å²) in [6.45, 7) is 4.16. The van der Waals surface area contributed by atoms with E-state index in [1.54, 1.807) is 23.1 Å². The molecule has 0 unspecified atom stereocenters. The lowest BCUT2D eigenvalue weighted by molar-refractivity contribution is 0.0739. The molecule has 5 rings (SSSR count). The first-order valence-corrected chi connectivity index (χ1v) is 12.1. The molecule has 0 bridgehead atoms. The Labute approximate surface area is 200 Å². The lowest BCUT2D eigenvalue weighted by Crippen LogP contribution is -2.49. The lowest BCUT2D eigenvalue weighted by Gasteiger charge is -2.36. The van der Waals surface area contributed by atoms with Crippen molar-refractivity contribution in [2.45, 2.75) is 19.3 Å². The highest BCUT2D eigenvalue weighted by molar-refractivity contribution is 5.92. The fourth-order valence-corrected chi connectivity index (χ4v) is 4.94. The van der Waals surface area contributed by atoms with Gasteiger partial charge in [-0.3, -0.25) is 4.79 Å². The molecule has 1 amide bonds. The third-order valence-corrected chi connectivity index (χ3v) is 6.94. The Morgan fingerprint density at radius 3 is 2.18 bits per heavy atom. The normalized spacial score (nSPS) is 17.1. The van der Waals surface area contributed by atoms with E-state index in [0.717, 1.165) is 38.2 Å². The molecule has 2 aliphatic rings. The van der Waals surface area contributed by atoms with Crippen LogP contribution in [0.5, 0.6) is 0 Å². The van der Waals surface area contributed by atoms with Crippen molar-refractivity contribution in [2.24, 2.45) is 5.92 Å². The Hall–Kier alpha value is -3.48. The van der Waals surface area contributed by atoms with Crippen LogP contribution in [0.4, 0.5) is 15.9 Å². The number of hydrogen-bond acceptors (Lipinski definition) is 5. The first-order valence-electron chi connectivity index (χ1n) is 12.1. The van der Waals surface area contributed by atoms with Gasteiger partial charge in [0.15, 0.2) is 11.5 Å². The summed E-state index contributed by atoms with van der Waals surface area (Å²) < 4.78 is 14.1. The van der Waals surface area contributed by atoms with Gasteiger partial charge in [0.1, 0.15) is 5.82 Å². The van der Waals surface area contributed by atoms with E-state index < -0.39 is 0 Å². The number of benzene rings is 2. The highest BCUT2D eigenvalue weighted by Gasteiger charge is 2.25. The first kappa shape index (κ1) is 22.3. The number of halogens is 1. The number of anilines is 2. The van der Waals surface area contributed by atoms with E-state index >= 15 is 0 Å². The molecule has 176 valence electrons. The van der Waals surface area contributed by atoms with Gasteiger partial charge in [-0.25, -0.2) is 4.39 Å². The second-order valence-electron chi connectivity index (χ2n) is 9.13. The Balaban J connectivity index is 1.13. The Kier molecular flexibility index (Phi) is 6.70. The van der Waals surface area contributed by atoms with Crippen LogP contribution in [0.25, 0.3) is 0 Å². The highest BCUT2D eigenvalue weighted by Crippen LogP contribution is 2.25. The van der Waals surface area contributed by atoms with E-state index in [1.165, 1.54) is 11.6 Å². The van der Waals surface area contributed by atoms with Crippen LogP contribution in [-0.4, -0.2) is 60.3 Å². The molecule has 0 spiro atoms. The van der Waals surface area contributed by atoms with Crippen molar-refractivity contribution >= 4 is 17.4 Å². The number of hydrogen-bond donors (Lipinski definition) is 0. The van der Waals surface area contributed by atoms with Crippen LogP contribution in [0.2, 0.25) is 0 Å². The lowest BCUT2D eigenvalue weighted by atomic mass is 9.90. The standard InChI is InChI=1S/C27H30FN5O/c28-23-8-4-5-9-25(23)31-16-18-33(19-17-31)27(34)24-10-11-26(30-29-24)32-14-12-22(13-15-32)20-21-6-2-1-3-7-21/h1-11,22H,12-20H2. The van der Waals surface area contributed by atoms with E-state index in [9.17, 15) is 9.18 Å². The third-order valence-electron chi connectivity index (χ3n) is 6.94. The highest BCUT2D eigenvalue weighted by atomic mass is 19.1. The number of nitrogens with zero attached hydrogens (tertiary/aromatic N) is 5. The van der Waals surface area contributed by atoms with Crippen molar-refractivity contribution in [1.29, 1.82) is 0 Å². The Bertz CT molecular complexity index is 1090. The summed E-state index contributed by atoms with van der Waals surface area (Å²) in [4.78, 5) is 18.9. The fourth-order valence-electron chi connectivity index (χ4n) is 4.94. The van der Waals surface area contributed by atoms with Gasteiger partial charge in [-0.2, -0.15) is 0 Å². The minimum Gasteiger partial charge on any atom is -0.366 e. The molecule has 0 saturated carbocycles. The number of aromatic nitrogens is 2. The van der Waals surface area contributed by atoms with Gasteiger partial charge in [0.2, 0.25) is 0 Å². The molecule has 0 aliphatic carbocycles. The molecule has 2 saturated heterocycles. The Morgan fingerprint density at radius 2 is 1.50 bits per heavy atom. The first-order chi connectivity index (χ1) is 16.7. The van der Waals surface area contributed by atoms with Gasteiger partial charge in [-0.15, -0.1) is 10.2 Å². The minimum atomic E-state index is -0.229. The SMILES string of the molecule is O=C(c1ccc(N2CCC(Cc3ccccc3)CC2)nn1)N1CCN(c2ccccc2F)CC1. The van der Waals surface area contributed by atoms with Crippen LogP contribution in [0.15, 0.2) is 66.7 Å². The molecule has 6 nitrogen and oxygen atoms in total. The van der Waals surface area contributed by atoms with Gasteiger partial charge in [0, 0.05) is 39.3 Å². The average Bonchev–Trinajstić information content (AvgIpc) is 2.90. The molecule has 7 heteroatoms. The van der Waals surface area contributed by atoms with Gasteiger partial charge >= 0.3 is 0 Å². The molecule has 0 atom stereocenters. The number of piperidine rings is 1. The second-order valence-corrected chi connectivity index (χ2v) is 9.13. The average molecular weight is 460 g/mol. The third kappa shape index (κ3) is 5.03. The smallest absolute Gasteiger partial charge is 0.274 e. The minimum absolute atomic E-state index is 0.117. The molecule has 1 aromatic heterocycles. The second kappa shape index (κ2) is 10.2. The Morgan fingerprint density at radius 1 is 0.794 bits per heavy atom. The number of amides is 1. The molecule has 2 aromatic carbocycles. The van der Waals surface area contributed by atoms with E-state index in [1.807, 2.05) is 17.0 Å². The molecule has 2 fully saturated rings. The van der Waals surface area contributed by atoms with E-state index in [-0.39, 0.29) is 11.7 Å². The van der Waals surface area contributed by atoms with Crippen molar-refractivity contribution in [1.82, 2.24) is 15.1 Å². The topological polar surface area (TPSA) is 52.6 Å². The van der Waals surface area contributed by atoms with Crippen LogP contribution in [-0.2, 0) is 6.42 Å². The number of carbonyl (C=O) groups is 1. The zero-order valence-corrected chi connectivity index (χ0v) is 19.3. The zero-order chi connectivity index (χ0) is 23.3. The zero-order valence-electron chi connectivity index (χ0n) is 19.3. The number of para-hydroxylation sites is 1. The molecule has 34 heavy (non-hydrogen) atoms. The summed E-state index contributed by atoms with van der Waals surface area (Å²) in [6.07, 6.45) is 3.38. The van der Waals surface area contributed by atoms with Gasteiger partial charge in [-0.1, -0.05) is 42.5 Å².